The normalized spacial score (nSPS) is 16.6. The van der Waals surface area contributed by atoms with E-state index in [-0.39, 0.29) is 5.78 Å². The lowest BCUT2D eigenvalue weighted by Gasteiger charge is -2.26. The quantitative estimate of drug-likeness (QED) is 0.756. The minimum Gasteiger partial charge on any atom is -0.299 e. The summed E-state index contributed by atoms with van der Waals surface area (Å²) in [6.45, 7) is 5.70. The van der Waals surface area contributed by atoms with Crippen LogP contribution >= 0.6 is 0 Å². The second-order valence-corrected chi connectivity index (χ2v) is 6.44. The third-order valence-electron chi connectivity index (χ3n) is 4.39. The smallest absolute Gasteiger partial charge is 0.177 e. The number of benzene rings is 1. The van der Waals surface area contributed by atoms with Gasteiger partial charge in [0.1, 0.15) is 0 Å². The van der Waals surface area contributed by atoms with Crippen LogP contribution in [0.2, 0.25) is 0 Å². The highest BCUT2D eigenvalue weighted by Gasteiger charge is 2.17. The van der Waals surface area contributed by atoms with Gasteiger partial charge in [0, 0.05) is 12.1 Å². The van der Waals surface area contributed by atoms with Gasteiger partial charge in [0.05, 0.1) is 6.54 Å². The van der Waals surface area contributed by atoms with Crippen LogP contribution in [0.5, 0.6) is 0 Å². The molecule has 2 nitrogen and oxygen atoms in total. The van der Waals surface area contributed by atoms with E-state index in [9.17, 15) is 4.79 Å². The summed E-state index contributed by atoms with van der Waals surface area (Å²) < 4.78 is 0. The number of hydrogen-bond donors (Lipinski definition) is 0. The van der Waals surface area contributed by atoms with Gasteiger partial charge in [-0.3, -0.25) is 9.69 Å². The predicted octanol–water partition coefficient (Wildman–Crippen LogP) is 4.00. The summed E-state index contributed by atoms with van der Waals surface area (Å²) >= 11 is 0. The molecular weight excluding hydrogens is 246 g/mol. The van der Waals surface area contributed by atoms with Crippen molar-refractivity contribution < 1.29 is 4.79 Å². The van der Waals surface area contributed by atoms with E-state index in [0.29, 0.717) is 6.54 Å². The zero-order valence-electron chi connectivity index (χ0n) is 13.1. The molecule has 1 aromatic carbocycles. The van der Waals surface area contributed by atoms with Crippen molar-refractivity contribution in [3.8, 4) is 0 Å². The van der Waals surface area contributed by atoms with Crippen molar-refractivity contribution in [2.24, 2.45) is 5.92 Å². The summed E-state index contributed by atoms with van der Waals surface area (Å²) in [5.74, 6) is 1.04. The van der Waals surface area contributed by atoms with Crippen LogP contribution in [-0.4, -0.2) is 30.8 Å². The van der Waals surface area contributed by atoms with Gasteiger partial charge in [-0.05, 0) is 45.2 Å². The maximum absolute atomic E-state index is 12.4. The van der Waals surface area contributed by atoms with Crippen molar-refractivity contribution >= 4 is 5.78 Å². The highest BCUT2D eigenvalue weighted by atomic mass is 16.1. The van der Waals surface area contributed by atoms with Crippen molar-refractivity contribution in [2.45, 2.75) is 46.0 Å². The molecule has 0 amide bonds. The van der Waals surface area contributed by atoms with Crippen molar-refractivity contribution in [3.63, 3.8) is 0 Å². The standard InChI is InChI=1S/C18H27NO/c1-14-9-10-17(15(2)11-14)18(20)13-19(3)12-16-7-5-4-6-8-16/h9-11,16H,4-8,12-13H2,1-3H3. The molecule has 2 rings (SSSR count). The highest BCUT2D eigenvalue weighted by Crippen LogP contribution is 2.24. The Bertz CT molecular complexity index is 460. The molecule has 1 saturated carbocycles. The molecule has 0 aliphatic heterocycles. The second kappa shape index (κ2) is 7.03. The Morgan fingerprint density at radius 2 is 1.90 bits per heavy atom. The summed E-state index contributed by atoms with van der Waals surface area (Å²) in [6.07, 6.45) is 6.79. The Kier molecular flexibility index (Phi) is 5.36. The van der Waals surface area contributed by atoms with E-state index in [1.165, 1.54) is 37.7 Å². The SMILES string of the molecule is Cc1ccc(C(=O)CN(C)CC2CCCCC2)c(C)c1. The molecule has 0 saturated heterocycles. The van der Waals surface area contributed by atoms with E-state index in [1.54, 1.807) is 0 Å². The number of ketones is 1. The first-order valence-corrected chi connectivity index (χ1v) is 7.85. The first-order valence-electron chi connectivity index (χ1n) is 7.85. The predicted molar refractivity (Wildman–Crippen MR) is 84.3 cm³/mol. The fourth-order valence-electron chi connectivity index (χ4n) is 3.33. The average molecular weight is 273 g/mol. The van der Waals surface area contributed by atoms with Crippen LogP contribution in [0.4, 0.5) is 0 Å². The molecule has 1 aliphatic carbocycles. The highest BCUT2D eigenvalue weighted by molar-refractivity contribution is 5.98. The fraction of sp³-hybridized carbons (Fsp3) is 0.611. The molecule has 20 heavy (non-hydrogen) atoms. The van der Waals surface area contributed by atoms with Gasteiger partial charge in [-0.2, -0.15) is 0 Å². The van der Waals surface area contributed by atoms with Crippen molar-refractivity contribution in [3.05, 3.63) is 34.9 Å². The summed E-state index contributed by atoms with van der Waals surface area (Å²) in [4.78, 5) is 14.6. The number of hydrogen-bond acceptors (Lipinski definition) is 2. The van der Waals surface area contributed by atoms with Crippen LogP contribution in [0.25, 0.3) is 0 Å². The molecule has 1 aromatic rings. The number of rotatable bonds is 5. The lowest BCUT2D eigenvalue weighted by atomic mass is 9.89. The number of carbonyl (C=O) groups is 1. The summed E-state index contributed by atoms with van der Waals surface area (Å²) in [7, 11) is 2.08. The molecular formula is C18H27NO. The Balaban J connectivity index is 1.89. The van der Waals surface area contributed by atoms with Gasteiger partial charge in [0.25, 0.3) is 0 Å². The van der Waals surface area contributed by atoms with E-state index < -0.39 is 0 Å². The summed E-state index contributed by atoms with van der Waals surface area (Å²) in [5.41, 5.74) is 3.20. The van der Waals surface area contributed by atoms with Gasteiger partial charge >= 0.3 is 0 Å². The number of nitrogens with zero attached hydrogens (tertiary/aromatic N) is 1. The monoisotopic (exact) mass is 273 g/mol. The zero-order valence-corrected chi connectivity index (χ0v) is 13.1. The third kappa shape index (κ3) is 4.17. The lowest BCUT2D eigenvalue weighted by Crippen LogP contribution is -2.32. The van der Waals surface area contributed by atoms with E-state index in [4.69, 9.17) is 0 Å². The topological polar surface area (TPSA) is 20.3 Å². The molecule has 110 valence electrons. The van der Waals surface area contributed by atoms with Crippen LogP contribution in [-0.2, 0) is 0 Å². The number of Topliss-reactive ketones (excluding diaryl/α,β-unsaturated/α-hetero) is 1. The van der Waals surface area contributed by atoms with Crippen LogP contribution in [0.15, 0.2) is 18.2 Å². The Labute approximate surface area is 123 Å². The first-order chi connectivity index (χ1) is 9.56. The number of aryl methyl sites for hydroxylation is 2. The molecule has 0 spiro atoms. The van der Waals surface area contributed by atoms with E-state index in [1.807, 2.05) is 19.1 Å². The van der Waals surface area contributed by atoms with Crippen LogP contribution < -0.4 is 0 Å². The molecule has 0 aromatic heterocycles. The molecule has 0 atom stereocenters. The molecule has 0 heterocycles. The second-order valence-electron chi connectivity index (χ2n) is 6.44. The first kappa shape index (κ1) is 15.2. The Morgan fingerprint density at radius 1 is 1.20 bits per heavy atom. The summed E-state index contributed by atoms with van der Waals surface area (Å²) in [6, 6.07) is 6.09. The van der Waals surface area contributed by atoms with E-state index in [0.717, 1.165) is 23.6 Å². The maximum Gasteiger partial charge on any atom is 0.177 e. The number of carbonyl (C=O) groups excluding carboxylic acids is 1. The van der Waals surface area contributed by atoms with Gasteiger partial charge in [0.2, 0.25) is 0 Å². The minimum absolute atomic E-state index is 0.251. The van der Waals surface area contributed by atoms with E-state index in [2.05, 4.69) is 24.9 Å². The molecule has 0 radical (unpaired) electrons. The molecule has 1 fully saturated rings. The fourth-order valence-corrected chi connectivity index (χ4v) is 3.33. The van der Waals surface area contributed by atoms with E-state index >= 15 is 0 Å². The van der Waals surface area contributed by atoms with Crippen LogP contribution in [0, 0.1) is 19.8 Å². The van der Waals surface area contributed by atoms with Crippen molar-refractivity contribution in [1.29, 1.82) is 0 Å². The zero-order chi connectivity index (χ0) is 14.5. The maximum atomic E-state index is 12.4. The van der Waals surface area contributed by atoms with Gasteiger partial charge in [-0.1, -0.05) is 43.0 Å². The van der Waals surface area contributed by atoms with Crippen molar-refractivity contribution in [1.82, 2.24) is 4.90 Å². The van der Waals surface area contributed by atoms with Gasteiger partial charge in [0.15, 0.2) is 5.78 Å². The Hall–Kier alpha value is -1.15. The van der Waals surface area contributed by atoms with Gasteiger partial charge in [-0.15, -0.1) is 0 Å². The largest absolute Gasteiger partial charge is 0.299 e. The van der Waals surface area contributed by atoms with Crippen LogP contribution in [0.1, 0.15) is 53.6 Å². The number of likely N-dealkylation sites (N-methyl/N-ethyl adjacent to an activating group) is 1. The lowest BCUT2D eigenvalue weighted by molar-refractivity contribution is 0.0931. The van der Waals surface area contributed by atoms with Crippen molar-refractivity contribution in [2.75, 3.05) is 20.1 Å². The van der Waals surface area contributed by atoms with Gasteiger partial charge < -0.3 is 0 Å². The average Bonchev–Trinajstić information content (AvgIpc) is 2.39. The molecule has 2 heteroatoms. The molecule has 0 N–H and O–H groups in total. The van der Waals surface area contributed by atoms with Gasteiger partial charge in [-0.25, -0.2) is 0 Å². The van der Waals surface area contributed by atoms with Crippen LogP contribution in [0.3, 0.4) is 0 Å². The molecule has 0 bridgehead atoms. The third-order valence-corrected chi connectivity index (χ3v) is 4.39. The molecule has 0 unspecified atom stereocenters. The Morgan fingerprint density at radius 3 is 2.55 bits per heavy atom. The molecule has 1 aliphatic rings. The summed E-state index contributed by atoms with van der Waals surface area (Å²) in [5, 5.41) is 0. The minimum atomic E-state index is 0.251.